The van der Waals surface area contributed by atoms with E-state index in [1.165, 1.54) is 6.20 Å². The fraction of sp³-hybridized carbons (Fsp3) is 0.111. The lowest BCUT2D eigenvalue weighted by molar-refractivity contribution is -0.112. The van der Waals surface area contributed by atoms with Crippen molar-refractivity contribution in [2.24, 2.45) is 0 Å². The number of nitrogens with two attached hydrogens (primary N) is 1. The lowest BCUT2D eigenvalue weighted by Gasteiger charge is -2.07. The van der Waals surface area contributed by atoms with Gasteiger partial charge >= 0.3 is 0 Å². The zero-order chi connectivity index (χ0) is 18.2. The van der Waals surface area contributed by atoms with Gasteiger partial charge in [0.05, 0.1) is 17.3 Å². The molecule has 7 heteroatoms. The first-order chi connectivity index (χ1) is 12.0. The topological polar surface area (TPSA) is 100 Å². The van der Waals surface area contributed by atoms with Crippen molar-refractivity contribution in [3.8, 4) is 11.8 Å². The van der Waals surface area contributed by atoms with Gasteiger partial charge in [0.25, 0.3) is 5.91 Å². The molecule has 0 atom stereocenters. The Balaban J connectivity index is 2.04. The summed E-state index contributed by atoms with van der Waals surface area (Å²) in [5, 5.41) is 15.1. The van der Waals surface area contributed by atoms with Gasteiger partial charge < -0.3 is 21.1 Å². The van der Waals surface area contributed by atoms with E-state index < -0.39 is 5.91 Å². The molecule has 0 aliphatic heterocycles. The monoisotopic (exact) mass is 356 g/mol. The third kappa shape index (κ3) is 5.16. The SMILES string of the molecule is CCOc1ccc(NC(=O)/C(C#N)=C\Nc2ccc(N)c(Cl)c2)cc1. The van der Waals surface area contributed by atoms with E-state index >= 15 is 0 Å². The second-order valence-corrected chi connectivity index (χ2v) is 5.37. The Morgan fingerprint density at radius 3 is 2.56 bits per heavy atom. The fourth-order valence-electron chi connectivity index (χ4n) is 1.92. The molecule has 0 saturated heterocycles. The summed E-state index contributed by atoms with van der Waals surface area (Å²) in [5.41, 5.74) is 7.17. The van der Waals surface area contributed by atoms with Crippen molar-refractivity contribution < 1.29 is 9.53 Å². The van der Waals surface area contributed by atoms with Crippen molar-refractivity contribution in [3.63, 3.8) is 0 Å². The molecular weight excluding hydrogens is 340 g/mol. The van der Waals surface area contributed by atoms with Crippen LogP contribution in [0, 0.1) is 11.3 Å². The summed E-state index contributed by atoms with van der Waals surface area (Å²) in [4.78, 5) is 12.2. The first-order valence-corrected chi connectivity index (χ1v) is 7.87. The number of nitrogens with zero attached hydrogens (tertiary/aromatic N) is 1. The Bertz CT molecular complexity index is 826. The number of rotatable bonds is 6. The molecule has 2 aromatic carbocycles. The maximum absolute atomic E-state index is 12.2. The summed E-state index contributed by atoms with van der Waals surface area (Å²) in [5.74, 6) is 0.180. The number of anilines is 3. The van der Waals surface area contributed by atoms with Crippen LogP contribution in [0.2, 0.25) is 5.02 Å². The zero-order valence-corrected chi connectivity index (χ0v) is 14.3. The lowest BCUT2D eigenvalue weighted by atomic mass is 10.2. The van der Waals surface area contributed by atoms with E-state index in [4.69, 9.17) is 22.1 Å². The smallest absolute Gasteiger partial charge is 0.267 e. The Hall–Kier alpha value is -3.17. The Morgan fingerprint density at radius 1 is 1.28 bits per heavy atom. The number of nitriles is 1. The molecule has 2 aromatic rings. The van der Waals surface area contributed by atoms with Crippen LogP contribution in [-0.2, 0) is 4.79 Å². The molecular formula is C18H17ClN4O2. The molecule has 0 spiro atoms. The number of nitrogens with one attached hydrogen (secondary N) is 2. The highest BCUT2D eigenvalue weighted by Crippen LogP contribution is 2.22. The van der Waals surface area contributed by atoms with Gasteiger partial charge in [-0.2, -0.15) is 5.26 Å². The lowest BCUT2D eigenvalue weighted by Crippen LogP contribution is -2.14. The molecule has 0 aromatic heterocycles. The van der Waals surface area contributed by atoms with E-state index in [2.05, 4.69) is 10.6 Å². The molecule has 25 heavy (non-hydrogen) atoms. The largest absolute Gasteiger partial charge is 0.494 e. The van der Waals surface area contributed by atoms with E-state index in [1.807, 2.05) is 13.0 Å². The Morgan fingerprint density at radius 2 is 1.96 bits per heavy atom. The number of hydrogen-bond donors (Lipinski definition) is 3. The van der Waals surface area contributed by atoms with E-state index in [1.54, 1.807) is 42.5 Å². The molecule has 0 saturated carbocycles. The maximum Gasteiger partial charge on any atom is 0.267 e. The van der Waals surface area contributed by atoms with Gasteiger partial charge in [0, 0.05) is 17.6 Å². The standard InChI is InChI=1S/C18H17ClN4O2/c1-2-25-15-6-3-13(4-7-15)23-18(24)12(10-20)11-22-14-5-8-17(21)16(19)9-14/h3-9,11,22H,2,21H2,1H3,(H,23,24)/b12-11-. The molecule has 4 N–H and O–H groups in total. The molecule has 0 unspecified atom stereocenters. The summed E-state index contributed by atoms with van der Waals surface area (Å²) in [6.45, 7) is 2.45. The highest BCUT2D eigenvalue weighted by Gasteiger charge is 2.09. The van der Waals surface area contributed by atoms with Gasteiger partial charge in [0.2, 0.25) is 0 Å². The summed E-state index contributed by atoms with van der Waals surface area (Å²) in [7, 11) is 0. The van der Waals surface area contributed by atoms with Gasteiger partial charge in [-0.1, -0.05) is 11.6 Å². The highest BCUT2D eigenvalue weighted by molar-refractivity contribution is 6.33. The van der Waals surface area contributed by atoms with Crippen LogP contribution < -0.4 is 21.1 Å². The average Bonchev–Trinajstić information content (AvgIpc) is 2.60. The molecule has 0 aliphatic rings. The van der Waals surface area contributed by atoms with Crippen molar-refractivity contribution in [1.29, 1.82) is 5.26 Å². The van der Waals surface area contributed by atoms with Crippen LogP contribution in [0.1, 0.15) is 6.92 Å². The third-order valence-electron chi connectivity index (χ3n) is 3.17. The summed E-state index contributed by atoms with van der Waals surface area (Å²) in [6.07, 6.45) is 1.31. The van der Waals surface area contributed by atoms with Crippen molar-refractivity contribution in [2.75, 3.05) is 23.0 Å². The average molecular weight is 357 g/mol. The van der Waals surface area contributed by atoms with Crippen LogP contribution in [-0.4, -0.2) is 12.5 Å². The van der Waals surface area contributed by atoms with Crippen molar-refractivity contribution in [2.45, 2.75) is 6.92 Å². The molecule has 0 radical (unpaired) electrons. The van der Waals surface area contributed by atoms with Crippen LogP contribution >= 0.6 is 11.6 Å². The van der Waals surface area contributed by atoms with Crippen molar-refractivity contribution >= 4 is 34.6 Å². The van der Waals surface area contributed by atoms with Gasteiger partial charge in [-0.25, -0.2) is 0 Å². The second kappa shape index (κ2) is 8.62. The quantitative estimate of drug-likeness (QED) is 0.415. The minimum atomic E-state index is -0.527. The maximum atomic E-state index is 12.2. The zero-order valence-electron chi connectivity index (χ0n) is 13.5. The number of carbonyl (C=O) groups excluding carboxylic acids is 1. The Labute approximate surface area is 150 Å². The van der Waals surface area contributed by atoms with Crippen LogP contribution in [0.5, 0.6) is 5.75 Å². The van der Waals surface area contributed by atoms with Gasteiger partial charge in [-0.15, -0.1) is 0 Å². The van der Waals surface area contributed by atoms with E-state index in [0.29, 0.717) is 34.4 Å². The van der Waals surface area contributed by atoms with Crippen LogP contribution in [0.15, 0.2) is 54.2 Å². The third-order valence-corrected chi connectivity index (χ3v) is 3.50. The van der Waals surface area contributed by atoms with Crippen LogP contribution in [0.3, 0.4) is 0 Å². The number of carbonyl (C=O) groups is 1. The number of amides is 1. The number of hydrogen-bond acceptors (Lipinski definition) is 5. The first kappa shape index (κ1) is 18.2. The molecule has 0 heterocycles. The molecule has 0 fully saturated rings. The first-order valence-electron chi connectivity index (χ1n) is 7.49. The molecule has 0 bridgehead atoms. The normalized spacial score (nSPS) is 10.7. The number of nitrogen functional groups attached to an aromatic ring is 1. The molecule has 1 amide bonds. The van der Waals surface area contributed by atoms with Crippen LogP contribution in [0.25, 0.3) is 0 Å². The number of ether oxygens (including phenoxy) is 1. The fourth-order valence-corrected chi connectivity index (χ4v) is 2.10. The van der Waals surface area contributed by atoms with Crippen LogP contribution in [0.4, 0.5) is 17.1 Å². The number of benzene rings is 2. The molecule has 2 rings (SSSR count). The van der Waals surface area contributed by atoms with E-state index in [9.17, 15) is 10.1 Å². The van der Waals surface area contributed by atoms with Crippen molar-refractivity contribution in [3.05, 3.63) is 59.3 Å². The minimum Gasteiger partial charge on any atom is -0.494 e. The van der Waals surface area contributed by atoms with Crippen molar-refractivity contribution in [1.82, 2.24) is 0 Å². The van der Waals surface area contributed by atoms with Gasteiger partial charge in [0.1, 0.15) is 17.4 Å². The summed E-state index contributed by atoms with van der Waals surface area (Å²) in [6, 6.07) is 13.7. The molecule has 6 nitrogen and oxygen atoms in total. The summed E-state index contributed by atoms with van der Waals surface area (Å²) < 4.78 is 5.33. The summed E-state index contributed by atoms with van der Waals surface area (Å²) >= 11 is 5.93. The predicted molar refractivity (Wildman–Crippen MR) is 99.4 cm³/mol. The molecule has 0 aliphatic carbocycles. The Kier molecular flexibility index (Phi) is 6.26. The minimum absolute atomic E-state index is 0.0816. The van der Waals surface area contributed by atoms with E-state index in [0.717, 1.165) is 0 Å². The molecule has 128 valence electrons. The van der Waals surface area contributed by atoms with E-state index in [-0.39, 0.29) is 5.57 Å². The highest BCUT2D eigenvalue weighted by atomic mass is 35.5. The second-order valence-electron chi connectivity index (χ2n) is 4.96. The van der Waals surface area contributed by atoms with Gasteiger partial charge in [-0.05, 0) is 49.4 Å². The predicted octanol–water partition coefficient (Wildman–Crippen LogP) is 3.78. The van der Waals surface area contributed by atoms with Gasteiger partial charge in [0.15, 0.2) is 0 Å². The number of halogens is 1. The van der Waals surface area contributed by atoms with Gasteiger partial charge in [-0.3, -0.25) is 4.79 Å².